The van der Waals surface area contributed by atoms with Crippen molar-refractivity contribution in [3.05, 3.63) is 70.8 Å². The lowest BCUT2D eigenvalue weighted by Gasteiger charge is -2.16. The van der Waals surface area contributed by atoms with E-state index in [1.54, 1.807) is 31.2 Å². The van der Waals surface area contributed by atoms with E-state index in [0.717, 1.165) is 30.9 Å². The van der Waals surface area contributed by atoms with Crippen LogP contribution in [0.2, 0.25) is 0 Å². The topological polar surface area (TPSA) is 37.3 Å². The van der Waals surface area contributed by atoms with Gasteiger partial charge >= 0.3 is 5.97 Å². The van der Waals surface area contributed by atoms with Crippen molar-refractivity contribution >= 4 is 5.97 Å². The number of carboxylic acid groups (broad SMARTS) is 1. The third-order valence-electron chi connectivity index (χ3n) is 4.62. The van der Waals surface area contributed by atoms with E-state index in [9.17, 15) is 13.6 Å². The minimum absolute atomic E-state index is 0.188. The van der Waals surface area contributed by atoms with Crippen LogP contribution in [0.25, 0.3) is 0 Å². The van der Waals surface area contributed by atoms with E-state index in [1.807, 2.05) is 24.3 Å². The van der Waals surface area contributed by atoms with E-state index in [0.29, 0.717) is 11.8 Å². The molecule has 0 fully saturated rings. The van der Waals surface area contributed by atoms with Gasteiger partial charge in [-0.15, -0.1) is 0 Å². The average Bonchev–Trinajstić information content (AvgIpc) is 2.62. The van der Waals surface area contributed by atoms with Crippen LogP contribution < -0.4 is 0 Å². The molecule has 0 saturated heterocycles. The maximum atomic E-state index is 13.7. The molecule has 0 aliphatic carbocycles. The van der Waals surface area contributed by atoms with Gasteiger partial charge in [0.05, 0.1) is 0 Å². The van der Waals surface area contributed by atoms with Crippen molar-refractivity contribution < 1.29 is 18.7 Å². The number of benzene rings is 2. The van der Waals surface area contributed by atoms with Crippen molar-refractivity contribution in [1.82, 2.24) is 0 Å². The first-order chi connectivity index (χ1) is 13.4. The molecule has 2 unspecified atom stereocenters. The fourth-order valence-electron chi connectivity index (χ4n) is 2.94. The number of aliphatic carboxylic acids is 1. The van der Waals surface area contributed by atoms with Crippen molar-refractivity contribution in [1.29, 1.82) is 0 Å². The van der Waals surface area contributed by atoms with Crippen LogP contribution in [-0.4, -0.2) is 11.1 Å². The zero-order valence-corrected chi connectivity index (χ0v) is 18.4. The third kappa shape index (κ3) is 8.35. The summed E-state index contributed by atoms with van der Waals surface area (Å²) < 4.78 is 26.6. The van der Waals surface area contributed by atoms with Crippen LogP contribution in [0.15, 0.2) is 48.5 Å². The summed E-state index contributed by atoms with van der Waals surface area (Å²) in [4.78, 5) is 10.7. The molecule has 0 heterocycles. The predicted molar refractivity (Wildman–Crippen MR) is 116 cm³/mol. The van der Waals surface area contributed by atoms with Crippen molar-refractivity contribution in [2.45, 2.75) is 66.2 Å². The number of hydrogen-bond acceptors (Lipinski definition) is 1. The van der Waals surface area contributed by atoms with Crippen molar-refractivity contribution in [2.75, 3.05) is 0 Å². The van der Waals surface area contributed by atoms with Gasteiger partial charge in [-0.2, -0.15) is 0 Å². The van der Waals surface area contributed by atoms with Crippen molar-refractivity contribution in [3.8, 4) is 0 Å². The lowest BCUT2D eigenvalue weighted by atomic mass is 9.95. The molecular formula is C25H34F2O2. The summed E-state index contributed by atoms with van der Waals surface area (Å²) in [6.45, 7) is 11.2. The molecule has 0 saturated carbocycles. The summed E-state index contributed by atoms with van der Waals surface area (Å²) in [6, 6.07) is 14.5. The standard InChI is InChI=1S/C13H17FO2.C12H17F/c1-9(2)8-10-4-6-11(7-5-10)13(3,14)12(15)16;1-9(2)8-11-4-6-12(7-5-11)10(3)13/h4-7,9H,8H2,1-3H3,(H,15,16);4-7,9-10H,8H2,1-3H3. The Morgan fingerprint density at radius 2 is 1.24 bits per heavy atom. The highest BCUT2D eigenvalue weighted by Crippen LogP contribution is 2.26. The minimum atomic E-state index is -2.31. The van der Waals surface area contributed by atoms with Gasteiger partial charge in [-0.1, -0.05) is 76.2 Å². The van der Waals surface area contributed by atoms with Gasteiger partial charge in [0.25, 0.3) is 0 Å². The van der Waals surface area contributed by atoms with Gasteiger partial charge in [-0.25, -0.2) is 13.6 Å². The summed E-state index contributed by atoms with van der Waals surface area (Å²) in [7, 11) is 0. The number of carbonyl (C=O) groups is 1. The Hall–Kier alpha value is -2.23. The Bertz CT molecular complexity index is 745. The summed E-state index contributed by atoms with van der Waals surface area (Å²) in [5.41, 5.74) is 1.04. The van der Waals surface area contributed by atoms with Crippen LogP contribution >= 0.6 is 0 Å². The highest BCUT2D eigenvalue weighted by Gasteiger charge is 2.34. The molecule has 0 amide bonds. The number of alkyl halides is 2. The molecule has 2 aromatic rings. The van der Waals surface area contributed by atoms with Gasteiger partial charge in [0.2, 0.25) is 5.67 Å². The summed E-state index contributed by atoms with van der Waals surface area (Å²) >= 11 is 0. The van der Waals surface area contributed by atoms with Gasteiger partial charge in [-0.05, 0) is 55.2 Å². The second-order valence-electron chi connectivity index (χ2n) is 8.56. The van der Waals surface area contributed by atoms with Crippen molar-refractivity contribution in [2.24, 2.45) is 11.8 Å². The Balaban J connectivity index is 0.000000296. The molecule has 0 aliphatic heterocycles. The molecule has 1 N–H and O–H groups in total. The summed E-state index contributed by atoms with van der Waals surface area (Å²) in [6.07, 6.45) is 1.13. The van der Waals surface area contributed by atoms with Gasteiger partial charge in [0.15, 0.2) is 0 Å². The molecule has 0 radical (unpaired) electrons. The van der Waals surface area contributed by atoms with E-state index in [-0.39, 0.29) is 5.56 Å². The smallest absolute Gasteiger partial charge is 0.345 e. The van der Waals surface area contributed by atoms with Crippen molar-refractivity contribution in [3.63, 3.8) is 0 Å². The van der Waals surface area contributed by atoms with E-state index in [1.165, 1.54) is 5.56 Å². The van der Waals surface area contributed by atoms with Crippen LogP contribution in [0.1, 0.15) is 70.0 Å². The number of hydrogen-bond donors (Lipinski definition) is 1. The summed E-state index contributed by atoms with van der Waals surface area (Å²) in [5.74, 6) is -0.264. The lowest BCUT2D eigenvalue weighted by Crippen LogP contribution is -2.26. The summed E-state index contributed by atoms with van der Waals surface area (Å²) in [5, 5.41) is 8.73. The largest absolute Gasteiger partial charge is 0.479 e. The fraction of sp³-hybridized carbons (Fsp3) is 0.480. The van der Waals surface area contributed by atoms with E-state index >= 15 is 0 Å². The van der Waals surface area contributed by atoms with Gasteiger partial charge < -0.3 is 5.11 Å². The molecule has 0 aliphatic rings. The number of rotatable bonds is 7. The highest BCUT2D eigenvalue weighted by molar-refractivity contribution is 5.78. The number of carboxylic acids is 1. The maximum absolute atomic E-state index is 13.7. The fourth-order valence-corrected chi connectivity index (χ4v) is 2.94. The van der Waals surface area contributed by atoms with E-state index in [4.69, 9.17) is 5.11 Å². The van der Waals surface area contributed by atoms with Gasteiger partial charge in [0.1, 0.15) is 6.17 Å². The van der Waals surface area contributed by atoms with Crippen LogP contribution in [0.5, 0.6) is 0 Å². The first-order valence-electron chi connectivity index (χ1n) is 10.2. The lowest BCUT2D eigenvalue weighted by molar-refractivity contribution is -0.150. The second-order valence-corrected chi connectivity index (χ2v) is 8.56. The normalized spacial score (nSPS) is 14.1. The molecule has 2 nitrogen and oxygen atoms in total. The molecule has 4 heteroatoms. The van der Waals surface area contributed by atoms with Crippen LogP contribution in [-0.2, 0) is 23.3 Å². The SMILES string of the molecule is CC(C)Cc1ccc(C(C)(F)C(=O)O)cc1.CC(C)Cc1ccc(C(C)F)cc1. The molecule has 29 heavy (non-hydrogen) atoms. The average molecular weight is 405 g/mol. The molecule has 2 rings (SSSR count). The molecule has 2 atom stereocenters. The zero-order chi connectivity index (χ0) is 22.2. The Labute approximate surface area is 174 Å². The Morgan fingerprint density at radius 1 is 0.862 bits per heavy atom. The van der Waals surface area contributed by atoms with Crippen LogP contribution in [0, 0.1) is 11.8 Å². The van der Waals surface area contributed by atoms with Gasteiger partial charge in [-0.3, -0.25) is 0 Å². The monoisotopic (exact) mass is 404 g/mol. The van der Waals surface area contributed by atoms with E-state index in [2.05, 4.69) is 27.7 Å². The highest BCUT2D eigenvalue weighted by atomic mass is 19.1. The van der Waals surface area contributed by atoms with Crippen LogP contribution in [0.3, 0.4) is 0 Å². The van der Waals surface area contributed by atoms with Gasteiger partial charge in [0, 0.05) is 5.56 Å². The quantitative estimate of drug-likeness (QED) is 0.536. The van der Waals surface area contributed by atoms with Crippen LogP contribution in [0.4, 0.5) is 8.78 Å². The first-order valence-corrected chi connectivity index (χ1v) is 10.2. The maximum Gasteiger partial charge on any atom is 0.345 e. The first kappa shape index (κ1) is 24.8. The molecule has 2 aromatic carbocycles. The molecular weight excluding hydrogens is 370 g/mol. The molecule has 160 valence electrons. The minimum Gasteiger partial charge on any atom is -0.479 e. The molecule has 0 aromatic heterocycles. The third-order valence-corrected chi connectivity index (χ3v) is 4.62. The Morgan fingerprint density at radius 3 is 1.55 bits per heavy atom. The number of halogens is 2. The van der Waals surface area contributed by atoms with E-state index < -0.39 is 17.8 Å². The second kappa shape index (κ2) is 11.1. The Kier molecular flexibility index (Phi) is 9.48. The molecule has 0 spiro atoms. The molecule has 0 bridgehead atoms. The predicted octanol–water partition coefficient (Wildman–Crippen LogP) is 7.07. The zero-order valence-electron chi connectivity index (χ0n) is 18.4.